The molecule has 1 fully saturated rings. The van der Waals surface area contributed by atoms with Gasteiger partial charge in [0.15, 0.2) is 5.78 Å². The van der Waals surface area contributed by atoms with Gasteiger partial charge >= 0.3 is 6.09 Å². The molecule has 2 N–H and O–H groups in total. The summed E-state index contributed by atoms with van der Waals surface area (Å²) in [6.07, 6.45) is 3.69. The number of allylic oxidation sites excluding steroid dienone is 2. The normalized spacial score (nSPS) is 20.7. The molecule has 2 aromatic rings. The molecule has 2 aromatic heterocycles. The van der Waals surface area contributed by atoms with Crippen LogP contribution in [0.4, 0.5) is 4.79 Å². The lowest BCUT2D eigenvalue weighted by atomic mass is 10.0. The number of aliphatic imine (C=N–C) groups is 1. The van der Waals surface area contributed by atoms with Crippen molar-refractivity contribution in [2.75, 3.05) is 39.0 Å². The van der Waals surface area contributed by atoms with Crippen LogP contribution in [-0.2, 0) is 9.53 Å². The number of pyridine rings is 2. The highest BCUT2D eigenvalue weighted by atomic mass is 32.2. The Morgan fingerprint density at radius 3 is 3.09 bits per heavy atom. The summed E-state index contributed by atoms with van der Waals surface area (Å²) >= 11 is 1.67. The molecule has 0 unspecified atom stereocenters. The third kappa shape index (κ3) is 5.21. The van der Waals surface area contributed by atoms with E-state index in [4.69, 9.17) is 9.47 Å². The van der Waals surface area contributed by atoms with E-state index >= 15 is 0 Å². The summed E-state index contributed by atoms with van der Waals surface area (Å²) in [5.74, 6) is 1.21. The van der Waals surface area contributed by atoms with Gasteiger partial charge in [-0.05, 0) is 28.7 Å². The van der Waals surface area contributed by atoms with Gasteiger partial charge < -0.3 is 24.8 Å². The lowest BCUT2D eigenvalue weighted by Gasteiger charge is -2.21. The van der Waals surface area contributed by atoms with Gasteiger partial charge in [-0.1, -0.05) is 0 Å². The molecular weight excluding hydrogens is 470 g/mol. The smallest absolute Gasteiger partial charge is 0.410 e. The van der Waals surface area contributed by atoms with Gasteiger partial charge in [-0.15, -0.1) is 11.8 Å². The topological polar surface area (TPSA) is 126 Å². The van der Waals surface area contributed by atoms with Crippen molar-refractivity contribution in [3.8, 4) is 5.88 Å². The average Bonchev–Trinajstić information content (AvgIpc) is 3.22. The van der Waals surface area contributed by atoms with Crippen LogP contribution >= 0.6 is 11.8 Å². The number of nitrogens with zero attached hydrogens (tertiary/aromatic N) is 4. The number of nitrogens with one attached hydrogen (secondary N) is 1. The molecule has 0 aromatic carbocycles. The zero-order valence-electron chi connectivity index (χ0n) is 19.1. The maximum Gasteiger partial charge on any atom is 0.410 e. The molecule has 10 nitrogen and oxygen atoms in total. The summed E-state index contributed by atoms with van der Waals surface area (Å²) in [5, 5.41) is 13.8. The van der Waals surface area contributed by atoms with Crippen LogP contribution in [-0.4, -0.2) is 83.2 Å². The van der Waals surface area contributed by atoms with Crippen LogP contribution in [0.1, 0.15) is 18.1 Å². The quantitative estimate of drug-likeness (QED) is 0.565. The molecule has 1 saturated heterocycles. The number of carbonyl (C=O) groups is 2. The van der Waals surface area contributed by atoms with Crippen LogP contribution in [0, 0.1) is 0 Å². The molecule has 0 radical (unpaired) electrons. The van der Waals surface area contributed by atoms with Crippen molar-refractivity contribution in [2.24, 2.45) is 4.99 Å². The van der Waals surface area contributed by atoms with E-state index in [1.807, 2.05) is 12.1 Å². The minimum Gasteiger partial charge on any atom is -0.481 e. The molecule has 182 valence electrons. The number of ether oxygens (including phenoxy) is 2. The van der Waals surface area contributed by atoms with E-state index in [9.17, 15) is 14.7 Å². The first-order valence-electron chi connectivity index (χ1n) is 11.3. The highest BCUT2D eigenvalue weighted by Gasteiger charge is 2.34. The van der Waals surface area contributed by atoms with Crippen molar-refractivity contribution in [1.82, 2.24) is 20.2 Å². The monoisotopic (exact) mass is 495 g/mol. The first-order chi connectivity index (χ1) is 17.0. The first-order valence-corrected chi connectivity index (χ1v) is 12.2. The third-order valence-corrected chi connectivity index (χ3v) is 7.02. The lowest BCUT2D eigenvalue weighted by molar-refractivity contribution is -0.112. The Morgan fingerprint density at radius 2 is 2.23 bits per heavy atom. The number of rotatable bonds is 8. The summed E-state index contributed by atoms with van der Waals surface area (Å²) in [6.45, 7) is 1.33. The second-order valence-electron chi connectivity index (χ2n) is 8.46. The van der Waals surface area contributed by atoms with Gasteiger partial charge in [0.25, 0.3) is 0 Å². The predicted octanol–water partition coefficient (Wildman–Crippen LogP) is 2.01. The lowest BCUT2D eigenvalue weighted by Crippen LogP contribution is -2.39. The van der Waals surface area contributed by atoms with Crippen molar-refractivity contribution in [3.05, 3.63) is 52.2 Å². The highest BCUT2D eigenvalue weighted by molar-refractivity contribution is 8.03. The van der Waals surface area contributed by atoms with Gasteiger partial charge in [-0.2, -0.15) is 0 Å². The number of aromatic nitrogens is 2. The van der Waals surface area contributed by atoms with Crippen LogP contribution in [0.15, 0.2) is 51.6 Å². The number of aliphatic hydroxyl groups excluding tert-OH is 1. The molecule has 3 aliphatic rings. The SMILES string of the molecule is COc1ccc2nccc([C@@H]3CN(C[C@@H](O)CNCC4=CC5=C(CS4)N=CC(=O)C5)C(=O)O3)c2n1. The van der Waals surface area contributed by atoms with Crippen molar-refractivity contribution in [2.45, 2.75) is 18.6 Å². The zero-order chi connectivity index (χ0) is 24.4. The molecule has 2 atom stereocenters. The van der Waals surface area contributed by atoms with E-state index < -0.39 is 18.3 Å². The van der Waals surface area contributed by atoms with E-state index in [0.717, 1.165) is 27.5 Å². The van der Waals surface area contributed by atoms with Crippen LogP contribution in [0.3, 0.4) is 0 Å². The van der Waals surface area contributed by atoms with E-state index in [0.29, 0.717) is 43.0 Å². The Morgan fingerprint density at radius 1 is 1.34 bits per heavy atom. The second-order valence-corrected chi connectivity index (χ2v) is 9.56. The summed E-state index contributed by atoms with van der Waals surface area (Å²) in [4.78, 5) is 39.7. The molecule has 0 aliphatic carbocycles. The van der Waals surface area contributed by atoms with Gasteiger partial charge in [-0.3, -0.25) is 14.8 Å². The average molecular weight is 496 g/mol. The zero-order valence-corrected chi connectivity index (χ0v) is 20.0. The second kappa shape index (κ2) is 10.1. The maximum atomic E-state index is 12.5. The van der Waals surface area contributed by atoms with Crippen molar-refractivity contribution in [1.29, 1.82) is 0 Å². The number of carbonyl (C=O) groups excluding carboxylic acids is 2. The predicted molar refractivity (Wildman–Crippen MR) is 131 cm³/mol. The number of methoxy groups -OCH3 is 1. The molecule has 0 bridgehead atoms. The van der Waals surface area contributed by atoms with Gasteiger partial charge in [0, 0.05) is 43.1 Å². The molecule has 5 rings (SSSR count). The third-order valence-electron chi connectivity index (χ3n) is 5.97. The van der Waals surface area contributed by atoms with Gasteiger partial charge in [-0.25, -0.2) is 9.78 Å². The summed E-state index contributed by atoms with van der Waals surface area (Å²) in [7, 11) is 1.54. The summed E-state index contributed by atoms with van der Waals surface area (Å²) in [5.41, 5.74) is 3.98. The minimum atomic E-state index is -0.765. The molecule has 1 amide bonds. The van der Waals surface area contributed by atoms with Crippen LogP contribution in [0.2, 0.25) is 0 Å². The number of fused-ring (bicyclic) bond motifs is 1. The standard InChI is InChI=1S/C24H25N5O5S/c1-33-22-3-2-19-23(28-22)18(4-5-26-19)21-12-29(24(32)34-21)11-16(31)8-25-10-17-7-14-6-15(30)9-27-20(14)13-35-17/h2-5,7,9,16,21,25,31H,6,8,10-13H2,1H3/t16-,21-/m0/s1. The molecular formula is C24H25N5O5S. The van der Waals surface area contributed by atoms with E-state index in [1.165, 1.54) is 11.1 Å². The van der Waals surface area contributed by atoms with Crippen LogP contribution < -0.4 is 10.1 Å². The van der Waals surface area contributed by atoms with Crippen molar-refractivity contribution >= 4 is 40.9 Å². The maximum absolute atomic E-state index is 12.5. The number of hydrogen-bond acceptors (Lipinski definition) is 10. The Labute approximate surface area is 206 Å². The Bertz CT molecular complexity index is 1260. The number of thioether (sulfide) groups is 1. The van der Waals surface area contributed by atoms with E-state index in [1.54, 1.807) is 37.2 Å². The van der Waals surface area contributed by atoms with E-state index in [2.05, 4.69) is 20.3 Å². The largest absolute Gasteiger partial charge is 0.481 e. The van der Waals surface area contributed by atoms with Crippen molar-refractivity contribution < 1.29 is 24.2 Å². The fourth-order valence-corrected chi connectivity index (χ4v) is 5.24. The number of ketones is 1. The number of aliphatic hydroxyl groups is 1. The Balaban J connectivity index is 1.16. The molecule has 5 heterocycles. The van der Waals surface area contributed by atoms with Gasteiger partial charge in [0.1, 0.15) is 6.10 Å². The number of cyclic esters (lactones) is 1. The van der Waals surface area contributed by atoms with Crippen molar-refractivity contribution in [3.63, 3.8) is 0 Å². The Kier molecular flexibility index (Phi) is 6.80. The number of hydrogen-bond donors (Lipinski definition) is 2. The molecule has 11 heteroatoms. The molecule has 35 heavy (non-hydrogen) atoms. The molecule has 0 saturated carbocycles. The fraction of sp³-hybridized carbons (Fsp3) is 0.375. The fourth-order valence-electron chi connectivity index (χ4n) is 4.23. The summed E-state index contributed by atoms with van der Waals surface area (Å²) in [6, 6.07) is 5.33. The minimum absolute atomic E-state index is 0.0140. The highest BCUT2D eigenvalue weighted by Crippen LogP contribution is 2.32. The molecule has 3 aliphatic heterocycles. The van der Waals surface area contributed by atoms with Gasteiger partial charge in [0.05, 0.1) is 49.2 Å². The summed E-state index contributed by atoms with van der Waals surface area (Å²) < 4.78 is 10.8. The van der Waals surface area contributed by atoms with Crippen LogP contribution in [0.5, 0.6) is 5.88 Å². The number of amides is 1. The number of β-amino-alcohol motifs (C(OH)–C–C–N with tert-alkyl or cyclic N) is 1. The van der Waals surface area contributed by atoms with Crippen LogP contribution in [0.25, 0.3) is 11.0 Å². The first kappa shape index (κ1) is 23.5. The van der Waals surface area contributed by atoms with Gasteiger partial charge in [0.2, 0.25) is 5.88 Å². The van der Waals surface area contributed by atoms with E-state index in [-0.39, 0.29) is 12.3 Å². The Hall–Kier alpha value is -3.28. The number of Topliss-reactive ketones (excluding diaryl/α,β-unsaturated/α-hetero) is 1. The molecule has 0 spiro atoms.